The molecule has 0 heterocycles. The maximum absolute atomic E-state index is 12.8. The number of allylic oxidation sites excluding steroid dienone is 5. The van der Waals surface area contributed by atoms with E-state index < -0.39 is 10.1 Å². The molecule has 168 valence electrons. The van der Waals surface area contributed by atoms with Gasteiger partial charge in [0.15, 0.2) is 0 Å². The van der Waals surface area contributed by atoms with Crippen molar-refractivity contribution in [1.29, 1.82) is 0 Å². The van der Waals surface area contributed by atoms with E-state index in [-0.39, 0.29) is 16.4 Å². The van der Waals surface area contributed by atoms with Crippen LogP contribution in [0.25, 0.3) is 5.57 Å². The number of hydrogen-bond donors (Lipinski definition) is 1. The zero-order valence-corrected chi connectivity index (χ0v) is 24.1. The van der Waals surface area contributed by atoms with Gasteiger partial charge in [-0.25, -0.2) is 0 Å². The second kappa shape index (κ2) is 9.68. The monoisotopic (exact) mass is 708 g/mol. The third-order valence-corrected chi connectivity index (χ3v) is 9.50. The van der Waals surface area contributed by atoms with Crippen LogP contribution in [0, 0.1) is 6.92 Å². The van der Waals surface area contributed by atoms with Crippen molar-refractivity contribution in [3.63, 3.8) is 0 Å². The first-order valence-corrected chi connectivity index (χ1v) is 13.6. The molecule has 5 nitrogen and oxygen atoms in total. The second-order valence-corrected chi connectivity index (χ2v) is 11.8. The van der Waals surface area contributed by atoms with E-state index in [1.807, 2.05) is 0 Å². The van der Waals surface area contributed by atoms with Crippen molar-refractivity contribution in [2.75, 3.05) is 7.11 Å². The Morgan fingerprint density at radius 1 is 1.03 bits per heavy atom. The lowest BCUT2D eigenvalue weighted by Crippen LogP contribution is -2.11. The first-order valence-electron chi connectivity index (χ1n) is 9.03. The van der Waals surface area contributed by atoms with Gasteiger partial charge in [-0.05, 0) is 124 Å². The summed E-state index contributed by atoms with van der Waals surface area (Å²) < 4.78 is 31.9. The lowest BCUT2D eigenvalue weighted by Gasteiger charge is -2.23. The Labute approximate surface area is 219 Å². The molecule has 0 fully saturated rings. The smallest absolute Gasteiger partial charge is 0.297 e. The molecule has 10 heteroatoms. The summed E-state index contributed by atoms with van der Waals surface area (Å²) in [4.78, 5) is 12.4. The van der Waals surface area contributed by atoms with E-state index >= 15 is 0 Å². The van der Waals surface area contributed by atoms with Crippen molar-refractivity contribution in [2.45, 2.75) is 18.7 Å². The molecule has 1 aliphatic rings. The Balaban J connectivity index is 2.59. The lowest BCUT2D eigenvalue weighted by atomic mass is 9.85. The molecule has 0 spiro atoms. The Morgan fingerprint density at radius 3 is 2.28 bits per heavy atom. The Hall–Kier alpha value is -1.04. The van der Waals surface area contributed by atoms with Crippen molar-refractivity contribution in [2.24, 2.45) is 0 Å². The van der Waals surface area contributed by atoms with E-state index in [4.69, 9.17) is 4.18 Å². The second-order valence-electron chi connectivity index (χ2n) is 6.86. The number of halogens is 4. The van der Waals surface area contributed by atoms with Gasteiger partial charge in [0.25, 0.3) is 10.1 Å². The highest BCUT2D eigenvalue weighted by Crippen LogP contribution is 2.45. The van der Waals surface area contributed by atoms with Gasteiger partial charge < -0.3 is 5.11 Å². The molecule has 1 aliphatic carbocycles. The summed E-state index contributed by atoms with van der Waals surface area (Å²) in [6, 6.07) is 8.21. The third kappa shape index (κ3) is 4.50. The molecule has 0 amide bonds. The molecule has 1 N–H and O–H groups in total. The number of Topliss-reactive ketones (excluding diaryl/α,β-unsaturated/α-hetero) is 1. The van der Waals surface area contributed by atoms with Crippen LogP contribution in [-0.2, 0) is 19.1 Å². The van der Waals surface area contributed by atoms with Crippen LogP contribution in [0.15, 0.2) is 70.4 Å². The highest BCUT2D eigenvalue weighted by atomic mass is 79.9. The van der Waals surface area contributed by atoms with E-state index in [9.17, 15) is 18.3 Å². The van der Waals surface area contributed by atoms with Crippen LogP contribution in [0.4, 0.5) is 0 Å². The molecule has 32 heavy (non-hydrogen) atoms. The van der Waals surface area contributed by atoms with Crippen molar-refractivity contribution in [3.05, 3.63) is 82.2 Å². The van der Waals surface area contributed by atoms with E-state index in [1.54, 1.807) is 44.2 Å². The van der Waals surface area contributed by atoms with E-state index in [0.29, 0.717) is 51.3 Å². The van der Waals surface area contributed by atoms with Gasteiger partial charge in [-0.1, -0.05) is 18.2 Å². The molecule has 0 aliphatic heterocycles. The number of carbonyl (C=O) groups excluding carboxylic acids is 1. The van der Waals surface area contributed by atoms with Gasteiger partial charge in [-0.2, -0.15) is 8.42 Å². The summed E-state index contributed by atoms with van der Waals surface area (Å²) in [5, 5.41) is 10.4. The normalized spacial score (nSPS) is 16.3. The molecular weight excluding hydrogens is 696 g/mol. The standard InChI is InChI=1S/C22H16Br4O5S/c1-10-13(8-15(23)21(27)19(10)25)18(14-9-16(24)22(28)20(26)11(14)2)12-6-4-5-7-17(12)32(29,30)31-3/h4-9,27H,1-3H3. The maximum Gasteiger partial charge on any atom is 0.297 e. The first kappa shape index (κ1) is 25.6. The van der Waals surface area contributed by atoms with Crippen LogP contribution in [0.3, 0.4) is 0 Å². The predicted octanol–water partition coefficient (Wildman–Crippen LogP) is 6.89. The maximum atomic E-state index is 12.8. The van der Waals surface area contributed by atoms with Crippen molar-refractivity contribution >= 4 is 85.2 Å². The fourth-order valence-corrected chi connectivity index (χ4v) is 6.44. The topological polar surface area (TPSA) is 80.7 Å². The van der Waals surface area contributed by atoms with Gasteiger partial charge in [-0.15, -0.1) is 0 Å². The summed E-state index contributed by atoms with van der Waals surface area (Å²) in [6.45, 7) is 3.58. The summed E-state index contributed by atoms with van der Waals surface area (Å²) in [6.07, 6.45) is 1.67. The minimum Gasteiger partial charge on any atom is -0.506 e. The minimum atomic E-state index is -4.05. The summed E-state index contributed by atoms with van der Waals surface area (Å²) in [5.41, 5.74) is 3.55. The first-order chi connectivity index (χ1) is 14.9. The highest BCUT2D eigenvalue weighted by Gasteiger charge is 2.29. The number of rotatable bonds is 4. The molecule has 2 aromatic rings. The number of hydrogen-bond acceptors (Lipinski definition) is 5. The third-order valence-electron chi connectivity index (χ3n) is 5.04. The van der Waals surface area contributed by atoms with Gasteiger partial charge in [0.2, 0.25) is 5.78 Å². The van der Waals surface area contributed by atoms with Crippen LogP contribution in [-0.4, -0.2) is 26.4 Å². The molecule has 0 aromatic heterocycles. The average molecular weight is 712 g/mol. The van der Waals surface area contributed by atoms with Crippen LogP contribution in [0.5, 0.6) is 5.75 Å². The number of carbonyl (C=O) groups is 1. The van der Waals surface area contributed by atoms with Gasteiger partial charge in [0, 0.05) is 5.56 Å². The van der Waals surface area contributed by atoms with E-state index in [2.05, 4.69) is 63.7 Å². The average Bonchev–Trinajstić information content (AvgIpc) is 2.78. The zero-order chi connectivity index (χ0) is 24.0. The van der Waals surface area contributed by atoms with Crippen molar-refractivity contribution < 1.29 is 22.5 Å². The number of aromatic hydroxyl groups is 1. The fourth-order valence-electron chi connectivity index (χ4n) is 3.33. The zero-order valence-electron chi connectivity index (χ0n) is 17.0. The van der Waals surface area contributed by atoms with Crippen molar-refractivity contribution in [3.8, 4) is 5.75 Å². The largest absolute Gasteiger partial charge is 0.506 e. The lowest BCUT2D eigenvalue weighted by molar-refractivity contribution is -0.111. The molecule has 0 atom stereocenters. The van der Waals surface area contributed by atoms with Crippen LogP contribution >= 0.6 is 63.7 Å². The number of phenols is 1. The summed E-state index contributed by atoms with van der Waals surface area (Å²) in [5.74, 6) is -0.189. The van der Waals surface area contributed by atoms with E-state index in [1.165, 1.54) is 6.07 Å². The van der Waals surface area contributed by atoms with Crippen LogP contribution in [0.2, 0.25) is 0 Å². The summed E-state index contributed by atoms with van der Waals surface area (Å²) >= 11 is 13.5. The van der Waals surface area contributed by atoms with E-state index in [0.717, 1.165) is 7.11 Å². The van der Waals surface area contributed by atoms with Crippen molar-refractivity contribution in [1.82, 2.24) is 0 Å². The number of ketones is 1. The molecule has 0 radical (unpaired) electrons. The molecular formula is C22H16Br4O5S. The minimum absolute atomic E-state index is 0.0185. The molecule has 0 bridgehead atoms. The highest BCUT2D eigenvalue weighted by molar-refractivity contribution is 9.13. The van der Waals surface area contributed by atoms with Gasteiger partial charge in [-0.3, -0.25) is 8.98 Å². The number of phenolic OH excluding ortho intramolecular Hbond substituents is 1. The van der Waals surface area contributed by atoms with Crippen LogP contribution in [0.1, 0.15) is 23.6 Å². The van der Waals surface area contributed by atoms with Gasteiger partial charge >= 0.3 is 0 Å². The Morgan fingerprint density at radius 2 is 1.66 bits per heavy atom. The quantitative estimate of drug-likeness (QED) is 0.350. The molecule has 0 saturated carbocycles. The fraction of sp³-hybridized carbons (Fsp3) is 0.136. The molecule has 3 rings (SSSR count). The summed E-state index contributed by atoms with van der Waals surface area (Å²) in [7, 11) is -2.94. The van der Waals surface area contributed by atoms with Crippen LogP contribution < -0.4 is 0 Å². The molecule has 0 saturated heterocycles. The molecule has 2 aromatic carbocycles. The van der Waals surface area contributed by atoms with Gasteiger partial charge in [0.05, 0.1) is 25.0 Å². The Bertz CT molecular complexity index is 1350. The SMILES string of the molecule is COS(=O)(=O)c1ccccc1C(=C1C=C(Br)C(=O)C(Br)=C1C)c1cc(Br)c(O)c(Br)c1C. The predicted molar refractivity (Wildman–Crippen MR) is 139 cm³/mol. The Kier molecular flexibility index (Phi) is 7.73. The molecule has 0 unspecified atom stereocenters. The number of benzene rings is 2. The van der Waals surface area contributed by atoms with Gasteiger partial charge in [0.1, 0.15) is 10.6 Å².